The number of carbonyl (C=O) groups is 1. The van der Waals surface area contributed by atoms with Crippen molar-refractivity contribution in [1.82, 2.24) is 0 Å². The van der Waals surface area contributed by atoms with Crippen LogP contribution in [-0.2, 0) is 0 Å². The number of anilines is 1. The van der Waals surface area contributed by atoms with Gasteiger partial charge in [0.1, 0.15) is 0 Å². The van der Waals surface area contributed by atoms with Crippen LogP contribution >= 0.6 is 33.9 Å². The highest BCUT2D eigenvalue weighted by atomic mass is 127. The summed E-state index contributed by atoms with van der Waals surface area (Å²) in [6, 6.07) is 2.96. The molecule has 0 saturated heterocycles. The van der Waals surface area contributed by atoms with Gasteiger partial charge in [0.15, 0.2) is 17.3 Å². The number of rotatable bonds is 3. The second kappa shape index (κ2) is 5.79. The number of benzene rings is 1. The SMILES string of the molecule is O=C(Nc1c([N+](=O)[O-])ccc(F)c1F)c1csc(I)c1. The summed E-state index contributed by atoms with van der Waals surface area (Å²) in [5, 5.41) is 14.3. The number of nitrogens with one attached hydrogen (secondary N) is 1. The number of nitro benzene ring substituents is 1. The van der Waals surface area contributed by atoms with Crippen molar-refractivity contribution in [2.75, 3.05) is 5.32 Å². The maximum Gasteiger partial charge on any atom is 0.296 e. The average molecular weight is 410 g/mol. The van der Waals surface area contributed by atoms with Crippen LogP contribution in [0.15, 0.2) is 23.6 Å². The molecule has 1 amide bonds. The van der Waals surface area contributed by atoms with Crippen molar-refractivity contribution in [3.05, 3.63) is 53.8 Å². The lowest BCUT2D eigenvalue weighted by Crippen LogP contribution is -2.14. The van der Waals surface area contributed by atoms with Gasteiger partial charge in [-0.15, -0.1) is 11.3 Å². The Kier molecular flexibility index (Phi) is 4.28. The standard InChI is InChI=1S/C11H5F2IN2O3S/c12-6-1-2-7(16(18)19)10(9(6)13)15-11(17)5-3-8(14)20-4-5/h1-4H,(H,15,17). The van der Waals surface area contributed by atoms with E-state index in [1.165, 1.54) is 22.8 Å². The minimum atomic E-state index is -1.46. The first-order valence-corrected chi connectivity index (χ1v) is 7.03. The van der Waals surface area contributed by atoms with Gasteiger partial charge in [-0.25, -0.2) is 8.78 Å². The summed E-state index contributed by atoms with van der Waals surface area (Å²) in [5.74, 6) is -3.47. The van der Waals surface area contributed by atoms with Crippen LogP contribution in [0.4, 0.5) is 20.2 Å². The first kappa shape index (κ1) is 14.8. The predicted octanol–water partition coefficient (Wildman–Crippen LogP) is 3.79. The molecule has 0 saturated carbocycles. The number of hydrogen-bond acceptors (Lipinski definition) is 4. The Balaban J connectivity index is 2.40. The summed E-state index contributed by atoms with van der Waals surface area (Å²) >= 11 is 3.28. The van der Waals surface area contributed by atoms with Gasteiger partial charge in [0, 0.05) is 11.4 Å². The smallest absolute Gasteiger partial charge is 0.296 e. The van der Waals surface area contributed by atoms with Gasteiger partial charge in [0.05, 0.1) is 13.4 Å². The third-order valence-electron chi connectivity index (χ3n) is 2.34. The van der Waals surface area contributed by atoms with E-state index in [0.29, 0.717) is 6.07 Å². The number of nitro groups is 1. The van der Waals surface area contributed by atoms with Crippen LogP contribution < -0.4 is 5.32 Å². The van der Waals surface area contributed by atoms with Crippen molar-refractivity contribution < 1.29 is 18.5 Å². The molecule has 0 spiro atoms. The van der Waals surface area contributed by atoms with Crippen LogP contribution in [0.5, 0.6) is 0 Å². The molecule has 2 rings (SSSR count). The molecule has 2 aromatic rings. The molecule has 0 unspecified atom stereocenters. The lowest BCUT2D eigenvalue weighted by atomic mass is 10.2. The summed E-state index contributed by atoms with van der Waals surface area (Å²) in [6.07, 6.45) is 0. The van der Waals surface area contributed by atoms with E-state index in [0.717, 1.165) is 8.95 Å². The average Bonchev–Trinajstić information content (AvgIpc) is 2.81. The molecule has 5 nitrogen and oxygen atoms in total. The van der Waals surface area contributed by atoms with Gasteiger partial charge < -0.3 is 5.32 Å². The van der Waals surface area contributed by atoms with Crippen molar-refractivity contribution in [2.24, 2.45) is 0 Å². The fraction of sp³-hybridized carbons (Fsp3) is 0. The van der Waals surface area contributed by atoms with Crippen LogP contribution in [0.1, 0.15) is 10.4 Å². The van der Waals surface area contributed by atoms with Gasteiger partial charge in [-0.3, -0.25) is 14.9 Å². The van der Waals surface area contributed by atoms with E-state index < -0.39 is 33.8 Å². The predicted molar refractivity (Wildman–Crippen MR) is 78.0 cm³/mol. The minimum Gasteiger partial charge on any atom is -0.314 e. The molecule has 0 bridgehead atoms. The number of thiophene rings is 1. The molecule has 0 radical (unpaired) electrons. The molecule has 0 atom stereocenters. The van der Waals surface area contributed by atoms with E-state index in [2.05, 4.69) is 0 Å². The molecule has 0 fully saturated rings. The second-order valence-corrected chi connectivity index (χ2v) is 6.41. The quantitative estimate of drug-likeness (QED) is 0.476. The molecular weight excluding hydrogens is 405 g/mol. The molecule has 0 aliphatic carbocycles. The van der Waals surface area contributed by atoms with E-state index in [4.69, 9.17) is 0 Å². The molecule has 1 aromatic heterocycles. The Morgan fingerprint density at radius 1 is 1.40 bits per heavy atom. The summed E-state index contributed by atoms with van der Waals surface area (Å²) in [7, 11) is 0. The van der Waals surface area contributed by atoms with E-state index in [-0.39, 0.29) is 5.56 Å². The zero-order valence-corrected chi connectivity index (χ0v) is 12.5. The maximum atomic E-state index is 13.6. The third kappa shape index (κ3) is 2.93. The van der Waals surface area contributed by atoms with Gasteiger partial charge in [0.2, 0.25) is 0 Å². The maximum absolute atomic E-state index is 13.6. The molecule has 20 heavy (non-hydrogen) atoms. The molecule has 1 N–H and O–H groups in total. The number of amides is 1. The van der Waals surface area contributed by atoms with Crippen LogP contribution in [0.2, 0.25) is 0 Å². The number of nitrogens with zero attached hydrogens (tertiary/aromatic N) is 1. The molecule has 9 heteroatoms. The van der Waals surface area contributed by atoms with Crippen molar-refractivity contribution >= 4 is 51.2 Å². The highest BCUT2D eigenvalue weighted by Crippen LogP contribution is 2.30. The lowest BCUT2D eigenvalue weighted by Gasteiger charge is -2.06. The zero-order valence-electron chi connectivity index (χ0n) is 9.52. The van der Waals surface area contributed by atoms with Crippen molar-refractivity contribution in [3.8, 4) is 0 Å². The lowest BCUT2D eigenvalue weighted by molar-refractivity contribution is -0.384. The fourth-order valence-electron chi connectivity index (χ4n) is 1.43. The highest BCUT2D eigenvalue weighted by molar-refractivity contribution is 14.1. The molecule has 1 heterocycles. The first-order chi connectivity index (χ1) is 9.40. The van der Waals surface area contributed by atoms with Crippen LogP contribution in [0, 0.1) is 24.6 Å². The molecule has 0 aliphatic rings. The van der Waals surface area contributed by atoms with Gasteiger partial charge >= 0.3 is 0 Å². The minimum absolute atomic E-state index is 0.220. The molecule has 0 aliphatic heterocycles. The fourth-order valence-corrected chi connectivity index (χ4v) is 2.75. The van der Waals surface area contributed by atoms with E-state index in [1.807, 2.05) is 27.9 Å². The molecule has 104 valence electrons. The Hall–Kier alpha value is -1.62. The highest BCUT2D eigenvalue weighted by Gasteiger charge is 2.24. The Bertz CT molecular complexity index is 705. The number of halogens is 3. The monoisotopic (exact) mass is 410 g/mol. The number of hydrogen-bond donors (Lipinski definition) is 1. The largest absolute Gasteiger partial charge is 0.314 e. The van der Waals surface area contributed by atoms with Gasteiger partial charge in [-0.2, -0.15) is 0 Å². The first-order valence-electron chi connectivity index (χ1n) is 5.08. The molecule has 1 aromatic carbocycles. The molecular formula is C11H5F2IN2O3S. The van der Waals surface area contributed by atoms with E-state index >= 15 is 0 Å². The van der Waals surface area contributed by atoms with E-state index in [1.54, 1.807) is 0 Å². The normalized spacial score (nSPS) is 10.3. The van der Waals surface area contributed by atoms with Gasteiger partial charge in [0.25, 0.3) is 11.6 Å². The summed E-state index contributed by atoms with van der Waals surface area (Å²) < 4.78 is 27.6. The van der Waals surface area contributed by atoms with Gasteiger partial charge in [-0.05, 0) is 34.7 Å². The van der Waals surface area contributed by atoms with Crippen molar-refractivity contribution in [2.45, 2.75) is 0 Å². The second-order valence-electron chi connectivity index (χ2n) is 3.61. The van der Waals surface area contributed by atoms with Crippen LogP contribution in [0.3, 0.4) is 0 Å². The Morgan fingerprint density at radius 3 is 2.65 bits per heavy atom. The third-order valence-corrected chi connectivity index (χ3v) is 4.13. The van der Waals surface area contributed by atoms with Crippen LogP contribution in [0.25, 0.3) is 0 Å². The van der Waals surface area contributed by atoms with Gasteiger partial charge in [-0.1, -0.05) is 0 Å². The van der Waals surface area contributed by atoms with Crippen molar-refractivity contribution in [1.29, 1.82) is 0 Å². The zero-order chi connectivity index (χ0) is 14.9. The van der Waals surface area contributed by atoms with Crippen molar-refractivity contribution in [3.63, 3.8) is 0 Å². The Labute approximate surface area is 128 Å². The Morgan fingerprint density at radius 2 is 2.10 bits per heavy atom. The van der Waals surface area contributed by atoms with Crippen LogP contribution in [-0.4, -0.2) is 10.8 Å². The summed E-state index contributed by atoms with van der Waals surface area (Å²) in [5.41, 5.74) is -1.26. The summed E-state index contributed by atoms with van der Waals surface area (Å²) in [6.45, 7) is 0. The van der Waals surface area contributed by atoms with E-state index in [9.17, 15) is 23.7 Å². The summed E-state index contributed by atoms with van der Waals surface area (Å²) in [4.78, 5) is 21.7. The topological polar surface area (TPSA) is 72.2 Å². The number of carbonyl (C=O) groups excluding carboxylic acids is 1.